The Labute approximate surface area is 472 Å². The standard InChI is InChI=1S/C67H111N2O7P/c1-7-10-13-16-19-22-25-27-29-31-33-34-36-38-40-42-45-48-51-54-57-60-67(71)76-65(58-55-52-49-46-43-24-21-18-15-12-9-3)64(63-75-77(72,73)74-62-61-69(4,5)6)68-66(70)59-56-53-50-47-44-41-39-37-35-32-30-28-26-23-20-17-14-11-8-2/h10-11,13-14,19-20,22-23,27-30,33-35,37-38,40-41,44-45,48,55,58,64-65H,7-9,12,15-18,21,24-26,31-32,36,39,42-43,46-47,49-54,56-57,59-63H2,1-6H3,(H-,68,70,72,73)/b13-10-,14-11-,22-19-,23-20-,29-27-,30-28-,34-33-,37-35-,40-38-,44-41-,48-45-,58-55+. The molecule has 3 unspecified atom stereocenters. The molecule has 0 saturated carbocycles. The van der Waals surface area contributed by atoms with Gasteiger partial charge in [-0.2, -0.15) is 0 Å². The fourth-order valence-electron chi connectivity index (χ4n) is 7.67. The molecule has 0 spiro atoms. The summed E-state index contributed by atoms with van der Waals surface area (Å²) in [6.45, 7) is 6.52. The van der Waals surface area contributed by atoms with E-state index in [0.29, 0.717) is 23.9 Å². The van der Waals surface area contributed by atoms with Gasteiger partial charge in [0.1, 0.15) is 19.3 Å². The molecule has 0 rings (SSSR count). The highest BCUT2D eigenvalue weighted by Crippen LogP contribution is 2.38. The molecule has 1 amide bonds. The molecule has 0 aromatic heterocycles. The number of quaternary nitrogens is 1. The number of esters is 1. The van der Waals surface area contributed by atoms with E-state index in [1.807, 2.05) is 27.2 Å². The normalized spacial score (nSPS) is 14.7. The molecule has 0 aliphatic carbocycles. The Morgan fingerprint density at radius 2 is 0.831 bits per heavy atom. The van der Waals surface area contributed by atoms with Crippen LogP contribution in [0.5, 0.6) is 0 Å². The van der Waals surface area contributed by atoms with Gasteiger partial charge in [0.05, 0.1) is 33.8 Å². The van der Waals surface area contributed by atoms with Crippen molar-refractivity contribution in [1.82, 2.24) is 5.32 Å². The molecule has 0 aromatic carbocycles. The minimum Gasteiger partial charge on any atom is -0.756 e. The highest BCUT2D eigenvalue weighted by molar-refractivity contribution is 7.45. The topological polar surface area (TPSA) is 114 Å². The highest BCUT2D eigenvalue weighted by Gasteiger charge is 2.27. The molecule has 0 bridgehead atoms. The Morgan fingerprint density at radius 1 is 0.468 bits per heavy atom. The highest BCUT2D eigenvalue weighted by atomic mass is 31.2. The van der Waals surface area contributed by atoms with Crippen molar-refractivity contribution in [2.24, 2.45) is 0 Å². The summed E-state index contributed by atoms with van der Waals surface area (Å²) in [6, 6.07) is -0.935. The third-order valence-corrected chi connectivity index (χ3v) is 13.2. The lowest BCUT2D eigenvalue weighted by Gasteiger charge is -2.30. The van der Waals surface area contributed by atoms with E-state index in [2.05, 4.69) is 160 Å². The summed E-state index contributed by atoms with van der Waals surface area (Å²) in [6.07, 6.45) is 79.6. The van der Waals surface area contributed by atoms with E-state index in [4.69, 9.17) is 13.8 Å². The second-order valence-electron chi connectivity index (χ2n) is 20.7. The maximum atomic E-state index is 13.5. The lowest BCUT2D eigenvalue weighted by atomic mass is 10.1. The first kappa shape index (κ1) is 72.9. The van der Waals surface area contributed by atoms with Crippen molar-refractivity contribution >= 4 is 19.7 Å². The molecule has 3 atom stereocenters. The number of carbonyl (C=O) groups is 2. The van der Waals surface area contributed by atoms with Gasteiger partial charge in [-0.1, -0.05) is 218 Å². The van der Waals surface area contributed by atoms with Crippen LogP contribution in [-0.2, 0) is 27.9 Å². The second-order valence-corrected chi connectivity index (χ2v) is 22.1. The summed E-state index contributed by atoms with van der Waals surface area (Å²) in [5, 5.41) is 2.99. The predicted molar refractivity (Wildman–Crippen MR) is 329 cm³/mol. The number of hydrogen-bond donors (Lipinski definition) is 1. The molecular formula is C67H111N2O7P. The number of allylic oxidation sites excluding steroid dienone is 23. The first-order valence-electron chi connectivity index (χ1n) is 30.1. The second kappa shape index (κ2) is 55.2. The maximum absolute atomic E-state index is 13.5. The van der Waals surface area contributed by atoms with E-state index in [1.54, 1.807) is 6.08 Å². The summed E-state index contributed by atoms with van der Waals surface area (Å²) in [5.74, 6) is -0.644. The number of nitrogens with zero attached hydrogens (tertiary/aromatic N) is 1. The van der Waals surface area contributed by atoms with E-state index >= 15 is 0 Å². The number of unbranched alkanes of at least 4 members (excludes halogenated alkanes) is 14. The Balaban J connectivity index is 5.41. The van der Waals surface area contributed by atoms with Gasteiger partial charge in [0, 0.05) is 12.8 Å². The fraction of sp³-hybridized carbons (Fsp3) is 0.612. The van der Waals surface area contributed by atoms with Gasteiger partial charge in [-0.05, 0) is 128 Å². The van der Waals surface area contributed by atoms with Crippen molar-refractivity contribution in [3.8, 4) is 0 Å². The molecule has 0 aliphatic heterocycles. The molecule has 9 nitrogen and oxygen atoms in total. The van der Waals surface area contributed by atoms with Crippen molar-refractivity contribution in [3.05, 3.63) is 146 Å². The molecule has 10 heteroatoms. The number of phosphoric acid groups is 1. The van der Waals surface area contributed by atoms with Crippen molar-refractivity contribution in [2.75, 3.05) is 40.9 Å². The number of rotatable bonds is 52. The Morgan fingerprint density at radius 3 is 1.26 bits per heavy atom. The average Bonchev–Trinajstić information content (AvgIpc) is 3.39. The van der Waals surface area contributed by atoms with E-state index in [-0.39, 0.29) is 25.4 Å². The van der Waals surface area contributed by atoms with Gasteiger partial charge >= 0.3 is 5.97 Å². The van der Waals surface area contributed by atoms with Gasteiger partial charge < -0.3 is 28.5 Å². The van der Waals surface area contributed by atoms with Crippen LogP contribution in [0.1, 0.15) is 213 Å². The number of phosphoric ester groups is 1. The van der Waals surface area contributed by atoms with E-state index in [9.17, 15) is 19.0 Å². The number of amides is 1. The largest absolute Gasteiger partial charge is 0.756 e. The van der Waals surface area contributed by atoms with Crippen molar-refractivity contribution in [2.45, 2.75) is 226 Å². The number of ether oxygens (including phenoxy) is 1. The summed E-state index contributed by atoms with van der Waals surface area (Å²) in [5.41, 5.74) is 0. The quantitative estimate of drug-likeness (QED) is 0.0212. The summed E-state index contributed by atoms with van der Waals surface area (Å²) in [4.78, 5) is 39.9. The van der Waals surface area contributed by atoms with Crippen LogP contribution in [0, 0.1) is 0 Å². The molecule has 0 radical (unpaired) electrons. The summed E-state index contributed by atoms with van der Waals surface area (Å²) >= 11 is 0. The molecule has 77 heavy (non-hydrogen) atoms. The molecule has 436 valence electrons. The molecule has 0 saturated heterocycles. The molecule has 0 fully saturated rings. The Bertz CT molecular complexity index is 1830. The zero-order valence-corrected chi connectivity index (χ0v) is 50.5. The van der Waals surface area contributed by atoms with Crippen molar-refractivity contribution in [1.29, 1.82) is 0 Å². The van der Waals surface area contributed by atoms with Crippen LogP contribution in [0.4, 0.5) is 0 Å². The fourth-order valence-corrected chi connectivity index (χ4v) is 8.39. The Kier molecular flexibility index (Phi) is 52.3. The predicted octanol–water partition coefficient (Wildman–Crippen LogP) is 18.0. The van der Waals surface area contributed by atoms with Crippen molar-refractivity contribution in [3.63, 3.8) is 0 Å². The van der Waals surface area contributed by atoms with E-state index < -0.39 is 32.5 Å². The lowest BCUT2D eigenvalue weighted by Crippen LogP contribution is -2.47. The van der Waals surface area contributed by atoms with Gasteiger partial charge in [-0.3, -0.25) is 14.2 Å². The zero-order valence-electron chi connectivity index (χ0n) is 49.6. The minimum absolute atomic E-state index is 0.0451. The van der Waals surface area contributed by atoms with Crippen LogP contribution in [0.15, 0.2) is 146 Å². The van der Waals surface area contributed by atoms with Crippen LogP contribution in [0.25, 0.3) is 0 Å². The van der Waals surface area contributed by atoms with Crippen molar-refractivity contribution < 1.29 is 37.3 Å². The van der Waals surface area contributed by atoms with Crippen LogP contribution in [0.2, 0.25) is 0 Å². The molecule has 0 aromatic rings. The van der Waals surface area contributed by atoms with Crippen LogP contribution in [0.3, 0.4) is 0 Å². The number of carbonyl (C=O) groups excluding carboxylic acids is 2. The van der Waals surface area contributed by atoms with E-state index in [1.165, 1.54) is 44.9 Å². The van der Waals surface area contributed by atoms with Crippen LogP contribution >= 0.6 is 7.82 Å². The molecule has 0 aliphatic rings. The third kappa shape index (κ3) is 56.4. The first-order chi connectivity index (χ1) is 37.4. The van der Waals surface area contributed by atoms with Gasteiger partial charge in [-0.15, -0.1) is 0 Å². The van der Waals surface area contributed by atoms with Gasteiger partial charge in [0.2, 0.25) is 5.91 Å². The minimum atomic E-state index is -4.73. The lowest BCUT2D eigenvalue weighted by molar-refractivity contribution is -0.870. The molecular weight excluding hydrogens is 976 g/mol. The van der Waals surface area contributed by atoms with Crippen LogP contribution < -0.4 is 10.2 Å². The molecule has 1 N–H and O–H groups in total. The van der Waals surface area contributed by atoms with Crippen LogP contribution in [-0.4, -0.2) is 69.4 Å². The van der Waals surface area contributed by atoms with Gasteiger partial charge in [0.15, 0.2) is 0 Å². The third-order valence-electron chi connectivity index (χ3n) is 12.3. The monoisotopic (exact) mass is 1090 g/mol. The summed E-state index contributed by atoms with van der Waals surface area (Å²) in [7, 11) is 1.11. The average molecular weight is 1090 g/mol. The number of hydrogen-bond acceptors (Lipinski definition) is 7. The SMILES string of the molecule is CC/C=C\C/C=C\C/C=C\C/C=C\C/C=C\C/C=C\CCCCC(=O)OC(/C=C/CCCCCCCCCCC)C(COP(=O)([O-])OCC[N+](C)(C)C)NC(=O)CCCCC/C=C\C/C=C\C/C=C\C/C=C\C/C=C\CC. The van der Waals surface area contributed by atoms with Gasteiger partial charge in [0.25, 0.3) is 7.82 Å². The first-order valence-corrected chi connectivity index (χ1v) is 31.6. The van der Waals surface area contributed by atoms with Gasteiger partial charge in [-0.25, -0.2) is 0 Å². The smallest absolute Gasteiger partial charge is 0.306 e. The maximum Gasteiger partial charge on any atom is 0.306 e. The number of nitrogens with one attached hydrogen (secondary N) is 1. The molecule has 0 heterocycles. The summed E-state index contributed by atoms with van der Waals surface area (Å²) < 4.78 is 30.2. The Hall–Kier alpha value is -4.11. The number of likely N-dealkylation sites (N-methyl/N-ethyl adjacent to an activating group) is 1. The van der Waals surface area contributed by atoms with E-state index in [0.717, 1.165) is 122 Å². The zero-order chi connectivity index (χ0) is 56.4.